The number of rotatable bonds is 4. The summed E-state index contributed by atoms with van der Waals surface area (Å²) in [6.45, 7) is 0. The van der Waals surface area contributed by atoms with Crippen LogP contribution in [0.1, 0.15) is 30.4 Å². The SMILES string of the molecule is O=C(Cc1cccc(Br)c1)C1(c2ccccc2)CCC1. The van der Waals surface area contributed by atoms with Gasteiger partial charge in [-0.05, 0) is 36.1 Å². The molecule has 2 aromatic carbocycles. The lowest BCUT2D eigenvalue weighted by Crippen LogP contribution is -2.43. The van der Waals surface area contributed by atoms with Gasteiger partial charge in [0.1, 0.15) is 5.78 Å². The van der Waals surface area contributed by atoms with Gasteiger partial charge in [0.2, 0.25) is 0 Å². The van der Waals surface area contributed by atoms with Crippen molar-refractivity contribution in [3.8, 4) is 0 Å². The highest BCUT2D eigenvalue weighted by molar-refractivity contribution is 9.10. The minimum atomic E-state index is -0.233. The number of hydrogen-bond donors (Lipinski definition) is 0. The van der Waals surface area contributed by atoms with Crippen LogP contribution in [0.15, 0.2) is 59.1 Å². The van der Waals surface area contributed by atoms with Gasteiger partial charge in [0.05, 0.1) is 5.41 Å². The average Bonchev–Trinajstić information content (AvgIpc) is 2.38. The van der Waals surface area contributed by atoms with Gasteiger partial charge in [-0.25, -0.2) is 0 Å². The Labute approximate surface area is 128 Å². The van der Waals surface area contributed by atoms with Gasteiger partial charge in [-0.1, -0.05) is 64.8 Å². The second-order valence-electron chi connectivity index (χ2n) is 5.53. The highest BCUT2D eigenvalue weighted by atomic mass is 79.9. The monoisotopic (exact) mass is 328 g/mol. The molecular weight excluding hydrogens is 312 g/mol. The van der Waals surface area contributed by atoms with E-state index in [1.807, 2.05) is 42.5 Å². The molecule has 102 valence electrons. The van der Waals surface area contributed by atoms with Crippen molar-refractivity contribution in [1.29, 1.82) is 0 Å². The second-order valence-corrected chi connectivity index (χ2v) is 6.45. The summed E-state index contributed by atoms with van der Waals surface area (Å²) in [5, 5.41) is 0. The van der Waals surface area contributed by atoms with Crippen molar-refractivity contribution < 1.29 is 4.79 Å². The first kappa shape index (κ1) is 13.6. The third-order valence-electron chi connectivity index (χ3n) is 4.32. The van der Waals surface area contributed by atoms with Gasteiger partial charge < -0.3 is 0 Å². The fourth-order valence-corrected chi connectivity index (χ4v) is 3.46. The zero-order valence-corrected chi connectivity index (χ0v) is 12.9. The molecule has 2 heteroatoms. The Hall–Kier alpha value is -1.41. The molecular formula is C18H17BrO. The molecule has 1 aliphatic rings. The third kappa shape index (κ3) is 2.45. The standard InChI is InChI=1S/C18H17BrO/c19-16-9-4-6-14(12-16)13-17(20)18(10-5-11-18)15-7-2-1-3-8-15/h1-4,6-9,12H,5,10-11,13H2. The van der Waals surface area contributed by atoms with Crippen molar-refractivity contribution >= 4 is 21.7 Å². The van der Waals surface area contributed by atoms with E-state index in [0.717, 1.165) is 29.3 Å². The smallest absolute Gasteiger partial charge is 0.147 e. The van der Waals surface area contributed by atoms with Crippen molar-refractivity contribution in [2.24, 2.45) is 0 Å². The lowest BCUT2D eigenvalue weighted by atomic mass is 9.61. The highest BCUT2D eigenvalue weighted by Crippen LogP contribution is 2.45. The summed E-state index contributed by atoms with van der Waals surface area (Å²) < 4.78 is 1.03. The molecule has 0 radical (unpaired) electrons. The fourth-order valence-electron chi connectivity index (χ4n) is 3.02. The Balaban J connectivity index is 1.85. The predicted molar refractivity (Wildman–Crippen MR) is 84.8 cm³/mol. The van der Waals surface area contributed by atoms with E-state index in [0.29, 0.717) is 12.2 Å². The maximum Gasteiger partial charge on any atom is 0.147 e. The Morgan fingerprint density at radius 2 is 1.80 bits per heavy atom. The molecule has 0 saturated heterocycles. The number of ketones is 1. The highest BCUT2D eigenvalue weighted by Gasteiger charge is 2.44. The van der Waals surface area contributed by atoms with E-state index in [4.69, 9.17) is 0 Å². The molecule has 0 unspecified atom stereocenters. The molecule has 0 spiro atoms. The third-order valence-corrected chi connectivity index (χ3v) is 4.81. The van der Waals surface area contributed by atoms with Gasteiger partial charge in [-0.2, -0.15) is 0 Å². The van der Waals surface area contributed by atoms with E-state index < -0.39 is 0 Å². The van der Waals surface area contributed by atoms with Gasteiger partial charge in [-0.15, -0.1) is 0 Å². The molecule has 0 aromatic heterocycles. The Kier molecular flexibility index (Phi) is 3.75. The summed E-state index contributed by atoms with van der Waals surface area (Å²) >= 11 is 3.47. The maximum atomic E-state index is 12.8. The van der Waals surface area contributed by atoms with Gasteiger partial charge >= 0.3 is 0 Å². The Morgan fingerprint density at radius 1 is 1.05 bits per heavy atom. The molecule has 0 bridgehead atoms. The van der Waals surface area contributed by atoms with E-state index in [1.54, 1.807) is 0 Å². The summed E-state index contributed by atoms with van der Waals surface area (Å²) in [7, 11) is 0. The first-order valence-corrected chi connectivity index (χ1v) is 7.83. The van der Waals surface area contributed by atoms with Crippen LogP contribution in [-0.4, -0.2) is 5.78 Å². The van der Waals surface area contributed by atoms with Gasteiger partial charge in [0.15, 0.2) is 0 Å². The summed E-state index contributed by atoms with van der Waals surface area (Å²) in [6.07, 6.45) is 3.65. The van der Waals surface area contributed by atoms with Crippen molar-refractivity contribution in [3.05, 3.63) is 70.2 Å². The van der Waals surface area contributed by atoms with Crippen molar-refractivity contribution in [2.45, 2.75) is 31.1 Å². The second kappa shape index (κ2) is 5.53. The van der Waals surface area contributed by atoms with Crippen LogP contribution >= 0.6 is 15.9 Å². The summed E-state index contributed by atoms with van der Waals surface area (Å²) in [5.74, 6) is 0.355. The van der Waals surface area contributed by atoms with Crippen LogP contribution in [0.5, 0.6) is 0 Å². The van der Waals surface area contributed by atoms with Crippen LogP contribution in [0.3, 0.4) is 0 Å². The maximum absolute atomic E-state index is 12.8. The van der Waals surface area contributed by atoms with E-state index in [2.05, 4.69) is 28.1 Å². The van der Waals surface area contributed by atoms with Crippen molar-refractivity contribution in [1.82, 2.24) is 0 Å². The Morgan fingerprint density at radius 3 is 2.40 bits per heavy atom. The van der Waals surface area contributed by atoms with Crippen LogP contribution < -0.4 is 0 Å². The number of carbonyl (C=O) groups excluding carboxylic acids is 1. The number of benzene rings is 2. The van der Waals surface area contributed by atoms with Crippen LogP contribution in [0.2, 0.25) is 0 Å². The topological polar surface area (TPSA) is 17.1 Å². The summed E-state index contributed by atoms with van der Waals surface area (Å²) in [4.78, 5) is 12.8. The van der Waals surface area contributed by atoms with Crippen molar-refractivity contribution in [2.75, 3.05) is 0 Å². The first-order valence-electron chi connectivity index (χ1n) is 7.04. The minimum absolute atomic E-state index is 0.233. The van der Waals surface area contributed by atoms with Gasteiger partial charge in [0.25, 0.3) is 0 Å². The molecule has 0 heterocycles. The first-order chi connectivity index (χ1) is 9.71. The van der Waals surface area contributed by atoms with Gasteiger partial charge in [-0.3, -0.25) is 4.79 Å². The largest absolute Gasteiger partial charge is 0.298 e. The lowest BCUT2D eigenvalue weighted by molar-refractivity contribution is -0.127. The number of hydrogen-bond acceptors (Lipinski definition) is 1. The van der Waals surface area contributed by atoms with E-state index in [-0.39, 0.29) is 5.41 Å². The van der Waals surface area contributed by atoms with E-state index in [1.165, 1.54) is 5.56 Å². The molecule has 1 saturated carbocycles. The van der Waals surface area contributed by atoms with Gasteiger partial charge in [0, 0.05) is 10.9 Å². The van der Waals surface area contributed by atoms with Crippen LogP contribution in [0.25, 0.3) is 0 Å². The molecule has 0 atom stereocenters. The number of carbonyl (C=O) groups is 1. The zero-order valence-electron chi connectivity index (χ0n) is 11.3. The number of Topliss-reactive ketones (excluding diaryl/α,β-unsaturated/α-hetero) is 1. The molecule has 0 amide bonds. The van der Waals surface area contributed by atoms with Crippen LogP contribution in [-0.2, 0) is 16.6 Å². The predicted octanol–water partition coefficient (Wildman–Crippen LogP) is 4.68. The minimum Gasteiger partial charge on any atom is -0.298 e. The summed E-state index contributed by atoms with van der Waals surface area (Å²) in [5.41, 5.74) is 2.04. The molecule has 3 rings (SSSR count). The molecule has 1 aliphatic carbocycles. The molecule has 1 fully saturated rings. The Bertz CT molecular complexity index is 614. The average molecular weight is 329 g/mol. The molecule has 1 nitrogen and oxygen atoms in total. The molecule has 0 aliphatic heterocycles. The van der Waals surface area contributed by atoms with E-state index >= 15 is 0 Å². The lowest BCUT2D eigenvalue weighted by Gasteiger charge is -2.41. The molecule has 20 heavy (non-hydrogen) atoms. The van der Waals surface area contributed by atoms with Crippen LogP contribution in [0.4, 0.5) is 0 Å². The van der Waals surface area contributed by atoms with Crippen molar-refractivity contribution in [3.63, 3.8) is 0 Å². The normalized spacial score (nSPS) is 16.4. The zero-order chi connectivity index (χ0) is 14.0. The fraction of sp³-hybridized carbons (Fsp3) is 0.278. The van der Waals surface area contributed by atoms with Crippen LogP contribution in [0, 0.1) is 0 Å². The quantitative estimate of drug-likeness (QED) is 0.796. The molecule has 2 aromatic rings. The van der Waals surface area contributed by atoms with E-state index in [9.17, 15) is 4.79 Å². The summed E-state index contributed by atoms with van der Waals surface area (Å²) in [6, 6.07) is 18.3. The molecule has 0 N–H and O–H groups in total. The number of halogens is 1.